The van der Waals surface area contributed by atoms with Crippen molar-refractivity contribution < 1.29 is 23.1 Å². The average molecular weight is 304 g/mol. The topological polar surface area (TPSA) is 61.4 Å². The molecule has 0 aliphatic rings. The molecule has 0 fully saturated rings. The lowest BCUT2D eigenvalue weighted by Crippen LogP contribution is -2.52. The third-order valence-corrected chi connectivity index (χ3v) is 3.51. The van der Waals surface area contributed by atoms with E-state index in [1.54, 1.807) is 0 Å². The Morgan fingerprint density at radius 3 is 2.05 bits per heavy atom. The second-order valence-corrected chi connectivity index (χ2v) is 4.80. The van der Waals surface area contributed by atoms with Crippen LogP contribution in [-0.2, 0) is 6.18 Å². The van der Waals surface area contributed by atoms with Crippen LogP contribution in [0, 0.1) is 0 Å². The number of aliphatic hydroxyl groups excluding tert-OH is 1. The fourth-order valence-corrected chi connectivity index (χ4v) is 1.84. The Morgan fingerprint density at radius 2 is 1.67 bits per heavy atom. The Morgan fingerprint density at radius 1 is 1.14 bits per heavy atom. The van der Waals surface area contributed by atoms with E-state index in [0.29, 0.717) is 12.8 Å². The normalized spacial score (nSPS) is 12.1. The maximum absolute atomic E-state index is 12.4. The number of carbonyl (C=O) groups is 1. The first-order valence-electron chi connectivity index (χ1n) is 6.63. The first kappa shape index (κ1) is 17.3. The number of alkyl halides is 3. The van der Waals surface area contributed by atoms with Crippen LogP contribution in [0.15, 0.2) is 24.3 Å². The van der Waals surface area contributed by atoms with Gasteiger partial charge in [0.05, 0.1) is 17.7 Å². The molecule has 1 rings (SSSR count). The van der Waals surface area contributed by atoms with Crippen molar-refractivity contribution in [3.8, 4) is 0 Å². The predicted octanol–water partition coefficient (Wildman–Crippen LogP) is 3.38. The third-order valence-electron chi connectivity index (χ3n) is 3.51. The van der Waals surface area contributed by atoms with Gasteiger partial charge in [-0.05, 0) is 37.1 Å². The molecule has 1 aromatic rings. The number of nitrogens with one attached hydrogen (secondary N) is 2. The molecule has 0 aliphatic carbocycles. The molecule has 7 heteroatoms. The van der Waals surface area contributed by atoms with Crippen LogP contribution in [0.2, 0.25) is 0 Å². The van der Waals surface area contributed by atoms with Crippen molar-refractivity contribution in [3.63, 3.8) is 0 Å². The van der Waals surface area contributed by atoms with Gasteiger partial charge < -0.3 is 15.7 Å². The minimum Gasteiger partial charge on any atom is -0.394 e. The zero-order valence-electron chi connectivity index (χ0n) is 11.9. The summed E-state index contributed by atoms with van der Waals surface area (Å²) in [4.78, 5) is 11.8. The molecule has 2 amide bonds. The molecule has 0 bridgehead atoms. The molecule has 0 unspecified atom stereocenters. The Kier molecular flexibility index (Phi) is 5.60. The number of hydrogen-bond donors (Lipinski definition) is 3. The number of urea groups is 1. The van der Waals surface area contributed by atoms with E-state index in [9.17, 15) is 23.1 Å². The Balaban J connectivity index is 2.71. The molecular formula is C14H19F3N2O2. The SMILES string of the molecule is CCC(CC)(CO)NC(=O)Nc1ccc(C(F)(F)F)cc1. The first-order chi connectivity index (χ1) is 9.76. The van der Waals surface area contributed by atoms with Gasteiger partial charge in [0.2, 0.25) is 0 Å². The number of rotatable bonds is 5. The van der Waals surface area contributed by atoms with E-state index >= 15 is 0 Å². The van der Waals surface area contributed by atoms with Crippen LogP contribution < -0.4 is 10.6 Å². The summed E-state index contributed by atoms with van der Waals surface area (Å²) >= 11 is 0. The molecule has 0 spiro atoms. The monoisotopic (exact) mass is 304 g/mol. The summed E-state index contributed by atoms with van der Waals surface area (Å²) < 4.78 is 37.2. The van der Waals surface area contributed by atoms with Crippen molar-refractivity contribution in [1.82, 2.24) is 5.32 Å². The number of hydrogen-bond acceptors (Lipinski definition) is 2. The number of anilines is 1. The summed E-state index contributed by atoms with van der Waals surface area (Å²) in [5.41, 5.74) is -1.25. The van der Waals surface area contributed by atoms with Crippen molar-refractivity contribution in [1.29, 1.82) is 0 Å². The third kappa shape index (κ3) is 4.63. The zero-order valence-corrected chi connectivity index (χ0v) is 11.9. The standard InChI is InChI=1S/C14H19F3N2O2/c1-3-13(4-2,9-20)19-12(21)18-11-7-5-10(6-8-11)14(15,16)17/h5-8,20H,3-4,9H2,1-2H3,(H2,18,19,21). The van der Waals surface area contributed by atoms with Crippen LogP contribution in [0.3, 0.4) is 0 Å². The van der Waals surface area contributed by atoms with Gasteiger partial charge in [0.1, 0.15) is 0 Å². The van der Waals surface area contributed by atoms with Gasteiger partial charge in [0.25, 0.3) is 0 Å². The highest BCUT2D eigenvalue weighted by atomic mass is 19.4. The lowest BCUT2D eigenvalue weighted by molar-refractivity contribution is -0.137. The van der Waals surface area contributed by atoms with E-state index in [4.69, 9.17) is 0 Å². The summed E-state index contributed by atoms with van der Waals surface area (Å²) in [5, 5.41) is 14.5. The van der Waals surface area contributed by atoms with Crippen LogP contribution in [0.25, 0.3) is 0 Å². The Labute approximate surface area is 121 Å². The maximum Gasteiger partial charge on any atom is 0.416 e. The quantitative estimate of drug-likeness (QED) is 0.781. The van der Waals surface area contributed by atoms with Crippen LogP contribution in [0.5, 0.6) is 0 Å². The van der Waals surface area contributed by atoms with Crippen LogP contribution >= 0.6 is 0 Å². The second kappa shape index (κ2) is 6.80. The lowest BCUT2D eigenvalue weighted by Gasteiger charge is -2.30. The van der Waals surface area contributed by atoms with Crippen LogP contribution in [0.4, 0.5) is 23.7 Å². The van der Waals surface area contributed by atoms with Crippen LogP contribution in [-0.4, -0.2) is 23.3 Å². The molecule has 0 heterocycles. The van der Waals surface area contributed by atoms with Gasteiger partial charge in [-0.3, -0.25) is 0 Å². The fourth-order valence-electron chi connectivity index (χ4n) is 1.84. The zero-order chi connectivity index (χ0) is 16.1. The maximum atomic E-state index is 12.4. The molecule has 0 saturated carbocycles. The highest BCUT2D eigenvalue weighted by molar-refractivity contribution is 5.89. The molecule has 1 aromatic carbocycles. The minimum atomic E-state index is -4.41. The largest absolute Gasteiger partial charge is 0.416 e. The molecule has 0 atom stereocenters. The molecule has 0 aliphatic heterocycles. The fraction of sp³-hybridized carbons (Fsp3) is 0.500. The van der Waals surface area contributed by atoms with Gasteiger partial charge in [-0.25, -0.2) is 4.79 Å². The summed E-state index contributed by atoms with van der Waals surface area (Å²) in [7, 11) is 0. The van der Waals surface area contributed by atoms with Crippen LogP contribution in [0.1, 0.15) is 32.3 Å². The molecule has 3 N–H and O–H groups in total. The molecule has 0 radical (unpaired) electrons. The summed E-state index contributed by atoms with van der Waals surface area (Å²) in [5.74, 6) is 0. The Hall–Kier alpha value is -1.76. The number of aliphatic hydroxyl groups is 1. The van der Waals surface area contributed by atoms with Crippen molar-refractivity contribution >= 4 is 11.7 Å². The van der Waals surface area contributed by atoms with Gasteiger partial charge in [0.15, 0.2) is 0 Å². The van der Waals surface area contributed by atoms with E-state index in [1.165, 1.54) is 12.1 Å². The average Bonchev–Trinajstić information content (AvgIpc) is 2.44. The molecule has 0 saturated heterocycles. The highest BCUT2D eigenvalue weighted by Gasteiger charge is 2.30. The first-order valence-corrected chi connectivity index (χ1v) is 6.63. The lowest BCUT2D eigenvalue weighted by atomic mass is 9.94. The molecule has 21 heavy (non-hydrogen) atoms. The van der Waals surface area contributed by atoms with Crippen molar-refractivity contribution in [2.45, 2.75) is 38.4 Å². The number of benzene rings is 1. The predicted molar refractivity (Wildman–Crippen MR) is 74.0 cm³/mol. The summed E-state index contributed by atoms with van der Waals surface area (Å²) in [6.07, 6.45) is -3.32. The molecular weight excluding hydrogens is 285 g/mol. The minimum absolute atomic E-state index is 0.208. The summed E-state index contributed by atoms with van der Waals surface area (Å²) in [6.45, 7) is 3.46. The number of carbonyl (C=O) groups excluding carboxylic acids is 1. The second-order valence-electron chi connectivity index (χ2n) is 4.80. The van der Waals surface area contributed by atoms with Gasteiger partial charge in [-0.2, -0.15) is 13.2 Å². The van der Waals surface area contributed by atoms with E-state index in [-0.39, 0.29) is 12.3 Å². The van der Waals surface area contributed by atoms with E-state index < -0.39 is 23.3 Å². The van der Waals surface area contributed by atoms with Crippen molar-refractivity contribution in [2.75, 3.05) is 11.9 Å². The number of amides is 2. The van der Waals surface area contributed by atoms with Gasteiger partial charge in [0, 0.05) is 5.69 Å². The van der Waals surface area contributed by atoms with Gasteiger partial charge in [-0.1, -0.05) is 13.8 Å². The van der Waals surface area contributed by atoms with E-state index in [1.807, 2.05) is 13.8 Å². The van der Waals surface area contributed by atoms with Gasteiger partial charge >= 0.3 is 12.2 Å². The van der Waals surface area contributed by atoms with Crippen molar-refractivity contribution in [2.24, 2.45) is 0 Å². The van der Waals surface area contributed by atoms with Gasteiger partial charge in [-0.15, -0.1) is 0 Å². The summed E-state index contributed by atoms with van der Waals surface area (Å²) in [6, 6.07) is 3.60. The molecule has 118 valence electrons. The smallest absolute Gasteiger partial charge is 0.394 e. The molecule has 4 nitrogen and oxygen atoms in total. The molecule has 0 aromatic heterocycles. The van der Waals surface area contributed by atoms with E-state index in [2.05, 4.69) is 10.6 Å². The highest BCUT2D eigenvalue weighted by Crippen LogP contribution is 2.29. The van der Waals surface area contributed by atoms with E-state index in [0.717, 1.165) is 12.1 Å². The number of halogens is 3. The Bertz CT molecular complexity index is 460. The van der Waals surface area contributed by atoms with Crippen molar-refractivity contribution in [3.05, 3.63) is 29.8 Å².